The molecule has 1 aromatic carbocycles. The fraction of sp³-hybridized carbons (Fsp3) is 0.368. The van der Waals surface area contributed by atoms with Gasteiger partial charge in [0.15, 0.2) is 0 Å². The van der Waals surface area contributed by atoms with Crippen LogP contribution in [0.25, 0.3) is 5.00 Å². The van der Waals surface area contributed by atoms with Crippen LogP contribution in [0.15, 0.2) is 51.5 Å². The molecule has 0 saturated carbocycles. The fourth-order valence-corrected chi connectivity index (χ4v) is 5.57. The highest BCUT2D eigenvalue weighted by atomic mass is 32.2. The van der Waals surface area contributed by atoms with E-state index in [1.165, 1.54) is 39.9 Å². The largest absolute Gasteiger partial charge is 0.369 e. The van der Waals surface area contributed by atoms with Gasteiger partial charge in [-0.2, -0.15) is 13.7 Å². The van der Waals surface area contributed by atoms with Crippen molar-refractivity contribution in [3.8, 4) is 5.00 Å². The van der Waals surface area contributed by atoms with Crippen LogP contribution in [-0.2, 0) is 21.4 Å². The summed E-state index contributed by atoms with van der Waals surface area (Å²) in [6, 6.07) is 9.55. The van der Waals surface area contributed by atoms with Gasteiger partial charge in [0.25, 0.3) is 0 Å². The summed E-state index contributed by atoms with van der Waals surface area (Å²) in [5.41, 5.74) is -0.0880. The van der Waals surface area contributed by atoms with Gasteiger partial charge in [0.2, 0.25) is 15.9 Å². The quantitative estimate of drug-likeness (QED) is 0.595. The Morgan fingerprint density at radius 2 is 1.74 bits per heavy atom. The number of nitrogens with zero attached hydrogens (tertiary/aromatic N) is 5. The lowest BCUT2D eigenvalue weighted by atomic mass is 10.2. The van der Waals surface area contributed by atoms with Gasteiger partial charge in [-0.05, 0) is 65.0 Å². The minimum absolute atomic E-state index is 0.197. The van der Waals surface area contributed by atoms with Crippen LogP contribution in [0.4, 0.5) is 5.69 Å². The molecule has 0 spiro atoms. The van der Waals surface area contributed by atoms with Crippen LogP contribution in [0.1, 0.15) is 25.7 Å². The number of amides is 1. The zero-order valence-corrected chi connectivity index (χ0v) is 18.3. The number of rotatable bonds is 6. The van der Waals surface area contributed by atoms with Crippen LogP contribution in [0, 0.1) is 0 Å². The Hall–Kier alpha value is -2.83. The van der Waals surface area contributed by atoms with Crippen molar-refractivity contribution in [3.05, 3.63) is 52.3 Å². The predicted molar refractivity (Wildman–Crippen MR) is 116 cm³/mol. The number of thiophene rings is 1. The van der Waals surface area contributed by atoms with Crippen molar-refractivity contribution in [2.45, 2.75) is 37.1 Å². The molecular formula is C19H22N6O4S2. The smallest absolute Gasteiger partial charge is 0.324 e. The van der Waals surface area contributed by atoms with Crippen LogP contribution in [0.5, 0.6) is 0 Å². The highest BCUT2D eigenvalue weighted by Crippen LogP contribution is 2.21. The van der Waals surface area contributed by atoms with Gasteiger partial charge in [0.1, 0.15) is 11.5 Å². The average molecular weight is 463 g/mol. The first kappa shape index (κ1) is 21.4. The van der Waals surface area contributed by atoms with Gasteiger partial charge in [0.05, 0.1) is 4.90 Å². The molecular weight excluding hydrogens is 440 g/mol. The average Bonchev–Trinajstić information content (AvgIpc) is 3.30. The molecule has 3 heterocycles. The SMILES string of the molecule is O=C(Cn1nnn(-c2cccs2)c1=O)Nc1ccc(S(=O)(=O)N2CCCCCC2)cc1. The summed E-state index contributed by atoms with van der Waals surface area (Å²) in [4.78, 5) is 24.9. The van der Waals surface area contributed by atoms with Crippen molar-refractivity contribution in [3.63, 3.8) is 0 Å². The minimum atomic E-state index is -3.55. The number of nitrogens with one attached hydrogen (secondary N) is 1. The first-order chi connectivity index (χ1) is 14.9. The highest BCUT2D eigenvalue weighted by Gasteiger charge is 2.25. The molecule has 10 nitrogen and oxygen atoms in total. The van der Waals surface area contributed by atoms with Gasteiger partial charge < -0.3 is 5.32 Å². The van der Waals surface area contributed by atoms with E-state index < -0.39 is 21.6 Å². The second-order valence-electron chi connectivity index (χ2n) is 7.17. The Balaban J connectivity index is 1.41. The van der Waals surface area contributed by atoms with Crippen LogP contribution in [0.3, 0.4) is 0 Å². The van der Waals surface area contributed by atoms with Crippen molar-refractivity contribution >= 4 is 33.0 Å². The van der Waals surface area contributed by atoms with Gasteiger partial charge in [-0.25, -0.2) is 13.2 Å². The first-order valence-corrected chi connectivity index (χ1v) is 12.2. The molecule has 12 heteroatoms. The molecule has 0 aliphatic carbocycles. The van der Waals surface area contributed by atoms with Crippen molar-refractivity contribution < 1.29 is 13.2 Å². The van der Waals surface area contributed by atoms with E-state index in [0.29, 0.717) is 23.8 Å². The fourth-order valence-electron chi connectivity index (χ4n) is 3.38. The Bertz CT molecular complexity index is 1190. The van der Waals surface area contributed by atoms with Crippen LogP contribution < -0.4 is 11.0 Å². The number of hydrogen-bond acceptors (Lipinski definition) is 7. The summed E-state index contributed by atoms with van der Waals surface area (Å²) >= 11 is 1.33. The Labute approximate surface area is 183 Å². The molecule has 0 unspecified atom stereocenters. The monoisotopic (exact) mass is 462 g/mol. The third-order valence-corrected chi connectivity index (χ3v) is 7.75. The third-order valence-electron chi connectivity index (χ3n) is 4.99. The number of sulfonamides is 1. The molecule has 2 aromatic heterocycles. The standard InChI is InChI=1S/C19H22N6O4S2/c26-17(14-24-19(27)25(22-21-24)18-6-5-13-30-18)20-15-7-9-16(10-8-15)31(28,29)23-11-3-1-2-4-12-23/h5-10,13H,1-4,11-12,14H2,(H,20,26). The lowest BCUT2D eigenvalue weighted by Gasteiger charge is -2.20. The molecule has 1 aliphatic rings. The Morgan fingerprint density at radius 3 is 2.39 bits per heavy atom. The van der Waals surface area contributed by atoms with Crippen LogP contribution in [-0.4, -0.2) is 51.5 Å². The van der Waals surface area contributed by atoms with Crippen molar-refractivity contribution in [2.75, 3.05) is 18.4 Å². The van der Waals surface area contributed by atoms with Gasteiger partial charge in [-0.15, -0.1) is 11.3 Å². The van der Waals surface area contributed by atoms with E-state index in [0.717, 1.165) is 35.0 Å². The second kappa shape index (κ2) is 9.12. The molecule has 3 aromatic rings. The summed E-state index contributed by atoms with van der Waals surface area (Å²) in [6.07, 6.45) is 3.82. The normalized spacial score (nSPS) is 15.5. The topological polar surface area (TPSA) is 119 Å². The molecule has 1 amide bonds. The van der Waals surface area contributed by atoms with Gasteiger partial charge in [-0.1, -0.05) is 12.8 Å². The number of aromatic nitrogens is 4. The molecule has 31 heavy (non-hydrogen) atoms. The van der Waals surface area contributed by atoms with Crippen LogP contribution in [0.2, 0.25) is 0 Å². The lowest BCUT2D eigenvalue weighted by Crippen LogP contribution is -2.32. The number of anilines is 1. The number of benzene rings is 1. The maximum absolute atomic E-state index is 12.8. The predicted octanol–water partition coefficient (Wildman–Crippen LogP) is 1.69. The summed E-state index contributed by atoms with van der Waals surface area (Å²) in [5.74, 6) is -0.469. The number of carbonyl (C=O) groups excluding carboxylic acids is 1. The molecule has 164 valence electrons. The summed E-state index contributed by atoms with van der Waals surface area (Å²) < 4.78 is 29.3. The lowest BCUT2D eigenvalue weighted by molar-refractivity contribution is -0.117. The Kier molecular flexibility index (Phi) is 6.30. The summed E-state index contributed by atoms with van der Waals surface area (Å²) in [5, 5.41) is 12.6. The summed E-state index contributed by atoms with van der Waals surface area (Å²) in [6.45, 7) is 0.751. The number of hydrogen-bond donors (Lipinski definition) is 1. The van der Waals surface area contributed by atoms with Crippen molar-refractivity contribution in [1.82, 2.24) is 24.1 Å². The van der Waals surface area contributed by atoms with Gasteiger partial charge >= 0.3 is 5.69 Å². The maximum Gasteiger partial charge on any atom is 0.369 e. The van der Waals surface area contributed by atoms with Crippen molar-refractivity contribution in [2.24, 2.45) is 0 Å². The van der Waals surface area contributed by atoms with E-state index in [2.05, 4.69) is 15.7 Å². The molecule has 0 bridgehead atoms. The molecule has 0 radical (unpaired) electrons. The van der Waals surface area contributed by atoms with E-state index in [1.807, 2.05) is 5.38 Å². The summed E-state index contributed by atoms with van der Waals surface area (Å²) in [7, 11) is -3.55. The van der Waals surface area contributed by atoms with E-state index in [9.17, 15) is 18.0 Å². The maximum atomic E-state index is 12.8. The first-order valence-electron chi connectivity index (χ1n) is 9.92. The van der Waals surface area contributed by atoms with Gasteiger partial charge in [-0.3, -0.25) is 4.79 Å². The molecule has 1 saturated heterocycles. The molecule has 1 fully saturated rings. The van der Waals surface area contributed by atoms with E-state index in [-0.39, 0.29) is 11.4 Å². The third kappa shape index (κ3) is 4.75. The van der Waals surface area contributed by atoms with E-state index in [1.54, 1.807) is 12.1 Å². The molecule has 4 rings (SSSR count). The van der Waals surface area contributed by atoms with Gasteiger partial charge in [0, 0.05) is 18.8 Å². The zero-order chi connectivity index (χ0) is 21.8. The zero-order valence-electron chi connectivity index (χ0n) is 16.7. The molecule has 1 N–H and O–H groups in total. The van der Waals surface area contributed by atoms with Crippen molar-refractivity contribution in [1.29, 1.82) is 0 Å². The highest BCUT2D eigenvalue weighted by molar-refractivity contribution is 7.89. The molecule has 0 atom stereocenters. The Morgan fingerprint density at radius 1 is 1.03 bits per heavy atom. The number of carbonyl (C=O) groups is 1. The van der Waals surface area contributed by atoms with E-state index >= 15 is 0 Å². The number of tetrazole rings is 1. The second-order valence-corrected chi connectivity index (χ2v) is 10.0. The van der Waals surface area contributed by atoms with E-state index in [4.69, 9.17) is 0 Å². The minimum Gasteiger partial charge on any atom is -0.324 e. The van der Waals surface area contributed by atoms with Crippen LogP contribution >= 0.6 is 11.3 Å². The molecule has 1 aliphatic heterocycles.